The minimum absolute atomic E-state index is 0.0227. The van der Waals surface area contributed by atoms with Gasteiger partial charge in [0, 0.05) is 16.6 Å². The number of hydrogen-bond donors (Lipinski definition) is 1. The second-order valence-electron chi connectivity index (χ2n) is 8.73. The van der Waals surface area contributed by atoms with Gasteiger partial charge in [0.05, 0.1) is 23.5 Å². The van der Waals surface area contributed by atoms with Crippen molar-refractivity contribution in [2.75, 3.05) is 0 Å². The Bertz CT molecular complexity index is 1320. The molecule has 0 bridgehead atoms. The van der Waals surface area contributed by atoms with Crippen molar-refractivity contribution < 1.29 is 9.90 Å². The van der Waals surface area contributed by atoms with Gasteiger partial charge in [0.1, 0.15) is 0 Å². The highest BCUT2D eigenvalue weighted by atomic mass is 32.1. The van der Waals surface area contributed by atoms with Crippen LogP contribution in [0, 0.1) is 18.8 Å². The van der Waals surface area contributed by atoms with Crippen LogP contribution in [0.5, 0.6) is 0 Å². The molecule has 1 saturated carbocycles. The van der Waals surface area contributed by atoms with E-state index in [1.54, 1.807) is 11.3 Å². The van der Waals surface area contributed by atoms with Crippen molar-refractivity contribution in [3.63, 3.8) is 0 Å². The van der Waals surface area contributed by atoms with Crippen molar-refractivity contribution in [1.82, 2.24) is 9.13 Å². The van der Waals surface area contributed by atoms with Gasteiger partial charge in [-0.2, -0.15) is 0 Å². The molecule has 6 heteroatoms. The van der Waals surface area contributed by atoms with Gasteiger partial charge < -0.3 is 5.11 Å². The molecule has 4 aromatic rings. The highest BCUT2D eigenvalue weighted by Crippen LogP contribution is 2.32. The van der Waals surface area contributed by atoms with Gasteiger partial charge in [0.2, 0.25) is 0 Å². The second kappa shape index (κ2) is 8.00. The van der Waals surface area contributed by atoms with E-state index in [9.17, 15) is 14.7 Å². The molecule has 0 atom stereocenters. The van der Waals surface area contributed by atoms with Gasteiger partial charge in [-0.1, -0.05) is 24.3 Å². The van der Waals surface area contributed by atoms with E-state index in [2.05, 4.69) is 30.5 Å². The monoisotopic (exact) mass is 434 g/mol. The van der Waals surface area contributed by atoms with Gasteiger partial charge in [-0.3, -0.25) is 13.9 Å². The molecule has 0 saturated heterocycles. The zero-order valence-corrected chi connectivity index (χ0v) is 18.4. The van der Waals surface area contributed by atoms with Crippen molar-refractivity contribution in [3.8, 4) is 0 Å². The lowest BCUT2D eigenvalue weighted by Gasteiger charge is -2.26. The fourth-order valence-electron chi connectivity index (χ4n) is 5.08. The predicted octanol–water partition coefficient (Wildman–Crippen LogP) is 5.27. The Balaban J connectivity index is 1.50. The molecule has 2 aromatic carbocycles. The maximum absolute atomic E-state index is 13.5. The van der Waals surface area contributed by atoms with E-state index < -0.39 is 5.97 Å². The summed E-state index contributed by atoms with van der Waals surface area (Å²) >= 11 is 1.73. The molecule has 160 valence electrons. The summed E-state index contributed by atoms with van der Waals surface area (Å²) in [4.78, 5) is 24.8. The van der Waals surface area contributed by atoms with E-state index >= 15 is 0 Å². The van der Waals surface area contributed by atoms with Crippen LogP contribution < -0.4 is 5.69 Å². The van der Waals surface area contributed by atoms with Crippen LogP contribution in [0.15, 0.2) is 52.6 Å². The largest absolute Gasteiger partial charge is 0.481 e. The number of benzene rings is 2. The molecule has 0 aliphatic heterocycles. The van der Waals surface area contributed by atoms with Crippen molar-refractivity contribution in [2.45, 2.75) is 45.7 Å². The Morgan fingerprint density at radius 2 is 1.74 bits per heavy atom. The molecule has 1 aliphatic carbocycles. The van der Waals surface area contributed by atoms with Gasteiger partial charge in [0.25, 0.3) is 0 Å². The van der Waals surface area contributed by atoms with Crippen LogP contribution in [0.3, 0.4) is 0 Å². The van der Waals surface area contributed by atoms with E-state index in [0.717, 1.165) is 23.9 Å². The summed E-state index contributed by atoms with van der Waals surface area (Å²) in [6.07, 6.45) is 3.12. The van der Waals surface area contributed by atoms with Crippen LogP contribution in [-0.2, 0) is 17.9 Å². The van der Waals surface area contributed by atoms with E-state index in [0.29, 0.717) is 31.8 Å². The number of carboxylic acids is 1. The summed E-state index contributed by atoms with van der Waals surface area (Å²) < 4.78 is 5.05. The van der Waals surface area contributed by atoms with Crippen LogP contribution in [0.25, 0.3) is 21.1 Å². The number of carbonyl (C=O) groups is 1. The minimum atomic E-state index is -0.689. The van der Waals surface area contributed by atoms with Gasteiger partial charge in [-0.05, 0) is 73.2 Å². The average molecular weight is 435 g/mol. The molecule has 1 N–H and O–H groups in total. The number of aliphatic carboxylic acids is 1. The van der Waals surface area contributed by atoms with Crippen LogP contribution in [0.1, 0.15) is 36.8 Å². The summed E-state index contributed by atoms with van der Waals surface area (Å²) in [6.45, 7) is 3.34. The van der Waals surface area contributed by atoms with Crippen molar-refractivity contribution >= 4 is 38.4 Å². The molecule has 0 spiro atoms. The Labute approximate surface area is 184 Å². The number of para-hydroxylation sites is 2. The molecule has 1 aliphatic rings. The van der Waals surface area contributed by atoms with E-state index in [1.807, 2.05) is 33.4 Å². The molecule has 1 fully saturated rings. The van der Waals surface area contributed by atoms with E-state index in [-0.39, 0.29) is 11.6 Å². The Morgan fingerprint density at radius 1 is 1.03 bits per heavy atom. The number of thiophene rings is 1. The molecule has 0 amide bonds. The van der Waals surface area contributed by atoms with Crippen LogP contribution in [0.2, 0.25) is 0 Å². The lowest BCUT2D eigenvalue weighted by atomic mass is 9.82. The average Bonchev–Trinajstić information content (AvgIpc) is 3.30. The summed E-state index contributed by atoms with van der Waals surface area (Å²) in [5.41, 5.74) is 4.36. The molecule has 5 nitrogen and oxygen atoms in total. The fourth-order valence-corrected chi connectivity index (χ4v) is 6.11. The van der Waals surface area contributed by atoms with E-state index in [4.69, 9.17) is 0 Å². The molecule has 5 rings (SSSR count). The lowest BCUT2D eigenvalue weighted by Crippen LogP contribution is -2.29. The van der Waals surface area contributed by atoms with E-state index in [1.165, 1.54) is 21.2 Å². The third kappa shape index (κ3) is 3.59. The topological polar surface area (TPSA) is 64.2 Å². The van der Waals surface area contributed by atoms with Crippen LogP contribution >= 0.6 is 11.3 Å². The molecule has 0 unspecified atom stereocenters. The minimum Gasteiger partial charge on any atom is -0.481 e. The first kappa shape index (κ1) is 20.1. The summed E-state index contributed by atoms with van der Waals surface area (Å²) in [5.74, 6) is -0.577. The van der Waals surface area contributed by atoms with Gasteiger partial charge in [-0.25, -0.2) is 4.79 Å². The lowest BCUT2D eigenvalue weighted by molar-refractivity contribution is -0.143. The summed E-state index contributed by atoms with van der Waals surface area (Å²) in [5, 5.41) is 12.7. The van der Waals surface area contributed by atoms with Crippen molar-refractivity contribution in [2.24, 2.45) is 11.8 Å². The number of imidazole rings is 1. The number of hydrogen-bond acceptors (Lipinski definition) is 3. The zero-order valence-electron chi connectivity index (χ0n) is 17.6. The number of rotatable bonds is 5. The third-order valence-corrected chi connectivity index (χ3v) is 7.77. The molecule has 2 heterocycles. The molecule has 2 aromatic heterocycles. The van der Waals surface area contributed by atoms with Crippen LogP contribution in [0.4, 0.5) is 0 Å². The number of aryl methyl sites for hydroxylation is 1. The molecule has 0 radical (unpaired) electrons. The van der Waals surface area contributed by atoms with Crippen molar-refractivity contribution in [1.29, 1.82) is 0 Å². The third-order valence-electron chi connectivity index (χ3n) is 6.77. The maximum Gasteiger partial charge on any atom is 0.329 e. The first-order chi connectivity index (χ1) is 15.0. The summed E-state index contributed by atoms with van der Waals surface area (Å²) in [6, 6.07) is 14.3. The smallest absolute Gasteiger partial charge is 0.329 e. The normalized spacial score (nSPS) is 19.3. The first-order valence-corrected chi connectivity index (χ1v) is 11.8. The Kier molecular flexibility index (Phi) is 5.18. The Morgan fingerprint density at radius 3 is 2.45 bits per heavy atom. The highest BCUT2D eigenvalue weighted by Gasteiger charge is 2.27. The molecular weight excluding hydrogens is 408 g/mol. The number of fused-ring (bicyclic) bond motifs is 2. The van der Waals surface area contributed by atoms with Gasteiger partial charge in [0.15, 0.2) is 0 Å². The predicted molar refractivity (Wildman–Crippen MR) is 125 cm³/mol. The van der Waals surface area contributed by atoms with Gasteiger partial charge in [-0.15, -0.1) is 11.3 Å². The SMILES string of the molecule is Cc1cccc2scc(Cn3c(=O)n(C[C@H]4CC[C@H](C(=O)O)CC4)c4ccccc43)c12. The fraction of sp³-hybridized carbons (Fsp3) is 0.360. The van der Waals surface area contributed by atoms with Crippen molar-refractivity contribution in [3.05, 3.63) is 69.5 Å². The standard InChI is InChI=1S/C25H26N2O3S/c1-16-5-4-8-22-23(16)19(15-31-22)14-27-21-7-3-2-6-20(21)26(25(27)30)13-17-9-11-18(12-10-17)24(28)29/h2-8,15,17-18H,9-14H2,1H3,(H,28,29)/t17-,18-. The summed E-state index contributed by atoms with van der Waals surface area (Å²) in [7, 11) is 0. The second-order valence-corrected chi connectivity index (χ2v) is 9.64. The maximum atomic E-state index is 13.5. The first-order valence-electron chi connectivity index (χ1n) is 10.9. The number of aromatic nitrogens is 2. The number of carboxylic acid groups (broad SMARTS) is 1. The van der Waals surface area contributed by atoms with Gasteiger partial charge >= 0.3 is 11.7 Å². The highest BCUT2D eigenvalue weighted by molar-refractivity contribution is 7.17. The van der Waals surface area contributed by atoms with Crippen LogP contribution in [-0.4, -0.2) is 20.2 Å². The quantitative estimate of drug-likeness (QED) is 0.466. The molecule has 31 heavy (non-hydrogen) atoms. The Hall–Kier alpha value is -2.86. The number of nitrogens with zero attached hydrogens (tertiary/aromatic N) is 2. The zero-order chi connectivity index (χ0) is 21.5. The molecular formula is C25H26N2O3S.